The molecule has 0 spiro atoms. The number of carbonyl (C=O) groups is 3. The van der Waals surface area contributed by atoms with E-state index in [1.54, 1.807) is 66.2 Å². The summed E-state index contributed by atoms with van der Waals surface area (Å²) in [6.07, 6.45) is 7.50. The Morgan fingerprint density at radius 2 is 1.74 bits per heavy atom. The fourth-order valence-corrected chi connectivity index (χ4v) is 6.14. The number of amides is 4. The number of anilines is 1. The number of benzene rings is 2. The first-order chi connectivity index (χ1) is 22.2. The van der Waals surface area contributed by atoms with Crippen LogP contribution in [-0.2, 0) is 4.74 Å². The second-order valence-electron chi connectivity index (χ2n) is 13.0. The van der Waals surface area contributed by atoms with Crippen molar-refractivity contribution in [2.24, 2.45) is 5.92 Å². The Morgan fingerprint density at radius 3 is 2.46 bits per heavy atom. The first kappa shape index (κ1) is 35.2. The summed E-state index contributed by atoms with van der Waals surface area (Å²) in [7, 11) is 1.79. The van der Waals surface area contributed by atoms with Gasteiger partial charge in [-0.3, -0.25) is 9.59 Å². The smallest absolute Gasteiger partial charge is 0.317 e. The van der Waals surface area contributed by atoms with E-state index >= 15 is 0 Å². The molecular weight excluding hydrogens is 584 g/mol. The van der Waals surface area contributed by atoms with Crippen LogP contribution in [0.2, 0.25) is 0 Å². The SMILES string of the molecule is C[C@@H]1CCCCO[C@H](CN(C)C(=O)NC2CCCCC2)[C@H](C)CN([C@@H](C)CO)C(=O)c2cc(NC(=O)c3ccccc3)ccc2O1. The van der Waals surface area contributed by atoms with Gasteiger partial charge >= 0.3 is 6.03 Å². The largest absolute Gasteiger partial charge is 0.490 e. The standard InChI is InChI=1S/C36H52N4O6/c1-25-22-40(26(2)24-41)35(43)31-21-30(37-34(42)28-14-7-5-8-15-28)18-19-32(31)46-27(3)13-11-12-20-45-33(25)23-39(4)36(44)38-29-16-9-6-10-17-29/h5,7-8,14-15,18-19,21,25-27,29,33,41H,6,9-13,16-17,20,22-24H2,1-4H3,(H,37,42)(H,38,44)/t25-,26+,27-,33-/m1/s1. The van der Waals surface area contributed by atoms with Crippen LogP contribution in [0.25, 0.3) is 0 Å². The first-order valence-corrected chi connectivity index (χ1v) is 16.9. The Hall–Kier alpha value is -3.63. The average Bonchev–Trinajstić information content (AvgIpc) is 3.06. The van der Waals surface area contributed by atoms with Crippen molar-refractivity contribution in [3.63, 3.8) is 0 Å². The fraction of sp³-hybridized carbons (Fsp3) is 0.583. The minimum Gasteiger partial charge on any atom is -0.490 e. The summed E-state index contributed by atoms with van der Waals surface area (Å²) in [5, 5.41) is 16.3. The van der Waals surface area contributed by atoms with E-state index in [1.807, 2.05) is 19.9 Å². The van der Waals surface area contributed by atoms with Crippen LogP contribution in [-0.4, -0.2) is 90.4 Å². The number of urea groups is 1. The highest BCUT2D eigenvalue weighted by molar-refractivity contribution is 6.05. The molecule has 46 heavy (non-hydrogen) atoms. The molecule has 2 aromatic rings. The van der Waals surface area contributed by atoms with Gasteiger partial charge in [-0.2, -0.15) is 0 Å². The first-order valence-electron chi connectivity index (χ1n) is 16.9. The number of carbonyl (C=O) groups excluding carboxylic acids is 3. The molecule has 1 saturated carbocycles. The number of ether oxygens (including phenoxy) is 2. The van der Waals surface area contributed by atoms with Crippen molar-refractivity contribution in [3.05, 3.63) is 59.7 Å². The molecule has 1 aliphatic carbocycles. The number of hydrogen-bond acceptors (Lipinski definition) is 6. The Morgan fingerprint density at radius 1 is 1.02 bits per heavy atom. The van der Waals surface area contributed by atoms with Crippen molar-refractivity contribution in [2.75, 3.05) is 38.7 Å². The van der Waals surface area contributed by atoms with Crippen LogP contribution in [0.4, 0.5) is 10.5 Å². The van der Waals surface area contributed by atoms with Gasteiger partial charge in [0.05, 0.1) is 30.4 Å². The van der Waals surface area contributed by atoms with Crippen molar-refractivity contribution in [2.45, 2.75) is 96.4 Å². The molecular formula is C36H52N4O6. The zero-order valence-corrected chi connectivity index (χ0v) is 27.9. The zero-order chi connectivity index (χ0) is 33.1. The molecule has 10 nitrogen and oxygen atoms in total. The molecule has 0 unspecified atom stereocenters. The van der Waals surface area contributed by atoms with Crippen LogP contribution in [0.1, 0.15) is 92.9 Å². The monoisotopic (exact) mass is 636 g/mol. The van der Waals surface area contributed by atoms with Gasteiger partial charge in [-0.25, -0.2) is 4.79 Å². The van der Waals surface area contributed by atoms with E-state index in [9.17, 15) is 19.5 Å². The van der Waals surface area contributed by atoms with Crippen molar-refractivity contribution in [3.8, 4) is 5.75 Å². The van der Waals surface area contributed by atoms with Gasteiger partial charge in [0.2, 0.25) is 0 Å². The third kappa shape index (κ3) is 9.93. The van der Waals surface area contributed by atoms with Gasteiger partial charge in [0.15, 0.2) is 0 Å². The van der Waals surface area contributed by atoms with Gasteiger partial charge in [-0.1, -0.05) is 44.4 Å². The van der Waals surface area contributed by atoms with E-state index in [0.717, 1.165) is 44.9 Å². The number of aliphatic hydroxyl groups excluding tert-OH is 1. The molecule has 0 bridgehead atoms. The lowest BCUT2D eigenvalue weighted by atomic mass is 9.96. The molecule has 2 aromatic carbocycles. The van der Waals surface area contributed by atoms with Crippen LogP contribution in [0.5, 0.6) is 5.75 Å². The Labute approximate surface area is 273 Å². The third-order valence-corrected chi connectivity index (χ3v) is 9.08. The number of likely N-dealkylation sites (N-methyl/N-ethyl adjacent to an activating group) is 1. The molecule has 0 radical (unpaired) electrons. The maximum atomic E-state index is 14.3. The van der Waals surface area contributed by atoms with Crippen LogP contribution in [0, 0.1) is 5.92 Å². The summed E-state index contributed by atoms with van der Waals surface area (Å²) >= 11 is 0. The van der Waals surface area contributed by atoms with E-state index in [2.05, 4.69) is 10.6 Å². The third-order valence-electron chi connectivity index (χ3n) is 9.08. The normalized spacial score (nSPS) is 22.5. The van der Waals surface area contributed by atoms with Gasteiger partial charge < -0.3 is 35.0 Å². The van der Waals surface area contributed by atoms with Crippen LogP contribution >= 0.6 is 0 Å². The summed E-state index contributed by atoms with van der Waals surface area (Å²) in [6.45, 7) is 6.77. The Kier molecular flexibility index (Phi) is 13.3. The molecule has 10 heteroatoms. The lowest BCUT2D eigenvalue weighted by molar-refractivity contribution is -0.0123. The minimum atomic E-state index is -0.497. The summed E-state index contributed by atoms with van der Waals surface area (Å²) in [5.41, 5.74) is 1.28. The second kappa shape index (κ2) is 17.3. The van der Waals surface area contributed by atoms with Crippen molar-refractivity contribution >= 4 is 23.5 Å². The summed E-state index contributed by atoms with van der Waals surface area (Å²) in [4.78, 5) is 43.7. The predicted octanol–water partition coefficient (Wildman–Crippen LogP) is 5.71. The van der Waals surface area contributed by atoms with E-state index in [1.165, 1.54) is 6.42 Å². The van der Waals surface area contributed by atoms with Gasteiger partial charge in [0.1, 0.15) is 5.75 Å². The highest BCUT2D eigenvalue weighted by atomic mass is 16.5. The maximum absolute atomic E-state index is 14.3. The van der Waals surface area contributed by atoms with Gasteiger partial charge in [0.25, 0.3) is 11.8 Å². The molecule has 1 heterocycles. The molecule has 3 N–H and O–H groups in total. The lowest BCUT2D eigenvalue weighted by Gasteiger charge is -2.36. The average molecular weight is 637 g/mol. The fourth-order valence-electron chi connectivity index (χ4n) is 6.14. The summed E-state index contributed by atoms with van der Waals surface area (Å²) < 4.78 is 12.7. The highest BCUT2D eigenvalue weighted by Crippen LogP contribution is 2.29. The molecule has 0 aromatic heterocycles. The Balaban J connectivity index is 1.58. The van der Waals surface area contributed by atoms with E-state index in [-0.39, 0.29) is 48.6 Å². The van der Waals surface area contributed by atoms with Crippen LogP contribution < -0.4 is 15.4 Å². The van der Waals surface area contributed by atoms with E-state index in [4.69, 9.17) is 9.47 Å². The number of rotatable bonds is 7. The molecule has 252 valence electrons. The number of nitrogens with zero attached hydrogens (tertiary/aromatic N) is 2. The van der Waals surface area contributed by atoms with Gasteiger partial charge in [-0.15, -0.1) is 0 Å². The topological polar surface area (TPSA) is 120 Å². The number of nitrogens with one attached hydrogen (secondary N) is 2. The van der Waals surface area contributed by atoms with E-state index in [0.29, 0.717) is 42.3 Å². The van der Waals surface area contributed by atoms with Crippen molar-refractivity contribution in [1.82, 2.24) is 15.1 Å². The van der Waals surface area contributed by atoms with Gasteiger partial charge in [-0.05, 0) is 76.3 Å². The molecule has 2 aliphatic rings. The lowest BCUT2D eigenvalue weighted by Crippen LogP contribution is -2.50. The van der Waals surface area contributed by atoms with Crippen molar-refractivity contribution in [1.29, 1.82) is 0 Å². The molecule has 1 aliphatic heterocycles. The molecule has 1 fully saturated rings. The molecule has 0 saturated heterocycles. The molecule has 4 amide bonds. The Bertz CT molecular complexity index is 1280. The zero-order valence-electron chi connectivity index (χ0n) is 27.9. The minimum absolute atomic E-state index is 0.108. The van der Waals surface area contributed by atoms with E-state index < -0.39 is 6.04 Å². The van der Waals surface area contributed by atoms with Crippen LogP contribution in [0.3, 0.4) is 0 Å². The number of aliphatic hydroxyl groups is 1. The maximum Gasteiger partial charge on any atom is 0.317 e. The number of hydrogen-bond donors (Lipinski definition) is 3. The molecule has 4 rings (SSSR count). The number of fused-ring (bicyclic) bond motifs is 1. The summed E-state index contributed by atoms with van der Waals surface area (Å²) in [5.74, 6) is -0.323. The second-order valence-corrected chi connectivity index (χ2v) is 13.0. The highest BCUT2D eigenvalue weighted by Gasteiger charge is 2.31. The van der Waals surface area contributed by atoms with Crippen LogP contribution in [0.15, 0.2) is 48.5 Å². The van der Waals surface area contributed by atoms with Crippen molar-refractivity contribution < 1.29 is 29.0 Å². The summed E-state index contributed by atoms with van der Waals surface area (Å²) in [6, 6.07) is 13.6. The molecule has 4 atom stereocenters. The quantitative estimate of drug-likeness (QED) is 0.358. The van der Waals surface area contributed by atoms with Gasteiger partial charge in [0, 0.05) is 50.0 Å². The predicted molar refractivity (Wildman–Crippen MR) is 179 cm³/mol.